The second-order valence-corrected chi connectivity index (χ2v) is 6.68. The van der Waals surface area contributed by atoms with Gasteiger partial charge in [0.25, 0.3) is 0 Å². The van der Waals surface area contributed by atoms with E-state index in [1.165, 1.54) is 5.56 Å². The van der Waals surface area contributed by atoms with Crippen LogP contribution in [0, 0.1) is 13.8 Å². The Morgan fingerprint density at radius 2 is 2.10 bits per heavy atom. The number of rotatable bonds is 8. The molecule has 0 amide bonds. The predicted molar refractivity (Wildman–Crippen MR) is 87.5 cm³/mol. The van der Waals surface area contributed by atoms with Gasteiger partial charge in [-0.25, -0.2) is 4.98 Å². The van der Waals surface area contributed by atoms with Crippen molar-refractivity contribution in [3.8, 4) is 0 Å². The summed E-state index contributed by atoms with van der Waals surface area (Å²) in [6, 6.07) is 4.17. The molecule has 1 aromatic rings. The number of aromatic nitrogens is 1. The van der Waals surface area contributed by atoms with Gasteiger partial charge in [0.2, 0.25) is 0 Å². The summed E-state index contributed by atoms with van der Waals surface area (Å²) in [7, 11) is 0. The number of esters is 1. The minimum Gasteiger partial charge on any atom is -0.465 e. The molecule has 1 rings (SSSR count). The summed E-state index contributed by atoms with van der Waals surface area (Å²) in [5, 5.41) is 1.06. The molecule has 21 heavy (non-hydrogen) atoms. The lowest BCUT2D eigenvalue weighted by molar-refractivity contribution is -0.149. The van der Waals surface area contributed by atoms with E-state index < -0.39 is 5.54 Å². The van der Waals surface area contributed by atoms with Crippen LogP contribution in [0.4, 0.5) is 0 Å². The van der Waals surface area contributed by atoms with E-state index in [-0.39, 0.29) is 5.97 Å². The van der Waals surface area contributed by atoms with E-state index in [2.05, 4.69) is 24.0 Å². The van der Waals surface area contributed by atoms with Gasteiger partial charge in [-0.05, 0) is 64.0 Å². The first-order valence-corrected chi connectivity index (χ1v) is 8.38. The summed E-state index contributed by atoms with van der Waals surface area (Å²) in [5.41, 5.74) is 7.40. The molecule has 0 fully saturated rings. The number of hydrogen-bond donors (Lipinski definition) is 1. The van der Waals surface area contributed by atoms with Crippen LogP contribution in [0.1, 0.15) is 44.4 Å². The van der Waals surface area contributed by atoms with Crippen LogP contribution in [-0.2, 0) is 9.53 Å². The van der Waals surface area contributed by atoms with Crippen LogP contribution in [0.15, 0.2) is 17.2 Å². The number of pyridine rings is 1. The standard InChI is InChI=1S/C16H26N2O2S/c1-5-20-15(19)16(4,17)8-6-7-9-21-14-11-12(2)10-13(3)18-14/h10-11H,5-9,17H2,1-4H3. The fraction of sp³-hybridized carbons (Fsp3) is 0.625. The highest BCUT2D eigenvalue weighted by Crippen LogP contribution is 2.20. The zero-order valence-electron chi connectivity index (χ0n) is 13.4. The van der Waals surface area contributed by atoms with Gasteiger partial charge in [-0.15, -0.1) is 11.8 Å². The Balaban J connectivity index is 2.29. The average molecular weight is 310 g/mol. The van der Waals surface area contributed by atoms with Crippen LogP contribution in [0.5, 0.6) is 0 Å². The molecule has 0 aliphatic carbocycles. The van der Waals surface area contributed by atoms with Crippen molar-refractivity contribution in [2.75, 3.05) is 12.4 Å². The number of thioether (sulfide) groups is 1. The van der Waals surface area contributed by atoms with Crippen LogP contribution in [-0.4, -0.2) is 28.9 Å². The maximum atomic E-state index is 11.7. The predicted octanol–water partition coefficient (Wildman–Crippen LogP) is 3.24. The van der Waals surface area contributed by atoms with Gasteiger partial charge in [0.15, 0.2) is 0 Å². The van der Waals surface area contributed by atoms with E-state index in [0.29, 0.717) is 13.0 Å². The molecule has 0 aliphatic heterocycles. The number of nitrogens with zero attached hydrogens (tertiary/aromatic N) is 1. The van der Waals surface area contributed by atoms with E-state index >= 15 is 0 Å². The molecule has 2 N–H and O–H groups in total. The first-order valence-electron chi connectivity index (χ1n) is 7.39. The minimum atomic E-state index is -0.876. The normalized spacial score (nSPS) is 13.8. The maximum Gasteiger partial charge on any atom is 0.325 e. The average Bonchev–Trinajstić information content (AvgIpc) is 2.37. The SMILES string of the molecule is CCOC(=O)C(C)(N)CCCCSc1cc(C)cc(C)n1. The molecule has 0 aliphatic rings. The summed E-state index contributed by atoms with van der Waals surface area (Å²) >= 11 is 1.75. The third-order valence-electron chi connectivity index (χ3n) is 3.16. The van der Waals surface area contributed by atoms with Gasteiger partial charge in [-0.3, -0.25) is 4.79 Å². The van der Waals surface area contributed by atoms with Crippen molar-refractivity contribution in [3.63, 3.8) is 0 Å². The molecular weight excluding hydrogens is 284 g/mol. The highest BCUT2D eigenvalue weighted by Gasteiger charge is 2.28. The molecule has 1 atom stereocenters. The Labute approximate surface area is 131 Å². The van der Waals surface area contributed by atoms with E-state index in [1.807, 2.05) is 6.92 Å². The monoisotopic (exact) mass is 310 g/mol. The van der Waals surface area contributed by atoms with Gasteiger partial charge in [0.05, 0.1) is 11.6 Å². The zero-order valence-corrected chi connectivity index (χ0v) is 14.3. The van der Waals surface area contributed by atoms with Gasteiger partial charge in [-0.2, -0.15) is 0 Å². The van der Waals surface area contributed by atoms with Crippen LogP contribution >= 0.6 is 11.8 Å². The summed E-state index contributed by atoms with van der Waals surface area (Å²) in [6.45, 7) is 8.00. The van der Waals surface area contributed by atoms with Gasteiger partial charge in [0, 0.05) is 5.69 Å². The maximum absolute atomic E-state index is 11.7. The third kappa shape index (κ3) is 6.48. The van der Waals surface area contributed by atoms with E-state index in [1.54, 1.807) is 25.6 Å². The first kappa shape index (κ1) is 18.0. The number of unbranched alkanes of at least 4 members (excludes halogenated alkanes) is 1. The summed E-state index contributed by atoms with van der Waals surface area (Å²) in [5.74, 6) is 0.669. The van der Waals surface area contributed by atoms with Gasteiger partial charge in [0.1, 0.15) is 5.54 Å². The quantitative estimate of drug-likeness (QED) is 0.453. The summed E-state index contributed by atoms with van der Waals surface area (Å²) < 4.78 is 4.98. The van der Waals surface area contributed by atoms with Crippen molar-refractivity contribution in [2.24, 2.45) is 5.73 Å². The van der Waals surface area contributed by atoms with Crippen molar-refractivity contribution in [1.29, 1.82) is 0 Å². The molecule has 0 bridgehead atoms. The van der Waals surface area contributed by atoms with Crippen LogP contribution in [0.2, 0.25) is 0 Å². The van der Waals surface area contributed by atoms with Crippen molar-refractivity contribution in [2.45, 2.75) is 57.5 Å². The second kappa shape index (κ2) is 8.39. The van der Waals surface area contributed by atoms with Crippen molar-refractivity contribution in [1.82, 2.24) is 4.98 Å². The Kier molecular flexibility index (Phi) is 7.18. The fourth-order valence-corrected chi connectivity index (χ4v) is 3.08. The summed E-state index contributed by atoms with van der Waals surface area (Å²) in [6.07, 6.45) is 2.56. The lowest BCUT2D eigenvalue weighted by Gasteiger charge is -2.21. The van der Waals surface area contributed by atoms with Crippen LogP contribution < -0.4 is 5.73 Å². The molecule has 1 heterocycles. The molecule has 0 spiro atoms. The van der Waals surface area contributed by atoms with E-state index in [9.17, 15) is 4.79 Å². The molecule has 118 valence electrons. The number of hydrogen-bond acceptors (Lipinski definition) is 5. The fourth-order valence-electron chi connectivity index (χ4n) is 2.05. The minimum absolute atomic E-state index is 0.311. The van der Waals surface area contributed by atoms with Crippen molar-refractivity contribution < 1.29 is 9.53 Å². The molecule has 4 nitrogen and oxygen atoms in total. The summed E-state index contributed by atoms with van der Waals surface area (Å²) in [4.78, 5) is 16.2. The molecule has 1 aromatic heterocycles. The van der Waals surface area contributed by atoms with Gasteiger partial charge >= 0.3 is 5.97 Å². The van der Waals surface area contributed by atoms with E-state index in [0.717, 1.165) is 29.3 Å². The highest BCUT2D eigenvalue weighted by atomic mass is 32.2. The number of ether oxygens (including phenoxy) is 1. The number of aryl methyl sites for hydroxylation is 2. The molecule has 0 saturated heterocycles. The number of nitrogens with two attached hydrogens (primary N) is 1. The van der Waals surface area contributed by atoms with Crippen LogP contribution in [0.3, 0.4) is 0 Å². The molecule has 0 aromatic carbocycles. The Morgan fingerprint density at radius 1 is 1.38 bits per heavy atom. The molecule has 5 heteroatoms. The van der Waals surface area contributed by atoms with E-state index in [4.69, 9.17) is 10.5 Å². The topological polar surface area (TPSA) is 65.2 Å². The van der Waals surface area contributed by atoms with Gasteiger partial charge in [-0.1, -0.05) is 6.42 Å². The van der Waals surface area contributed by atoms with Crippen LogP contribution in [0.25, 0.3) is 0 Å². The lowest BCUT2D eigenvalue weighted by atomic mass is 9.96. The largest absolute Gasteiger partial charge is 0.465 e. The van der Waals surface area contributed by atoms with Crippen molar-refractivity contribution >= 4 is 17.7 Å². The highest BCUT2D eigenvalue weighted by molar-refractivity contribution is 7.99. The van der Waals surface area contributed by atoms with Gasteiger partial charge < -0.3 is 10.5 Å². The molecule has 1 unspecified atom stereocenters. The smallest absolute Gasteiger partial charge is 0.325 e. The second-order valence-electron chi connectivity index (χ2n) is 5.57. The number of carbonyl (C=O) groups is 1. The third-order valence-corrected chi connectivity index (χ3v) is 4.15. The first-order chi connectivity index (χ1) is 9.85. The Morgan fingerprint density at radius 3 is 2.71 bits per heavy atom. The Hall–Kier alpha value is -1.07. The van der Waals surface area contributed by atoms with Crippen molar-refractivity contribution in [3.05, 3.63) is 23.4 Å². The molecule has 0 saturated carbocycles. The number of carbonyl (C=O) groups excluding carboxylic acids is 1. The Bertz CT molecular complexity index is 455. The molecule has 0 radical (unpaired) electrons. The lowest BCUT2D eigenvalue weighted by Crippen LogP contribution is -2.46. The molecular formula is C16H26N2O2S. The zero-order chi connectivity index (χ0) is 15.9.